The van der Waals surface area contributed by atoms with E-state index >= 15 is 0 Å². The number of carbonyl (C=O) groups is 3. The monoisotopic (exact) mass is 507 g/mol. The Morgan fingerprint density at radius 1 is 0.943 bits per heavy atom. The van der Waals surface area contributed by atoms with Crippen molar-refractivity contribution in [3.05, 3.63) is 53.6 Å². The number of carboxylic acid groups (broad SMARTS) is 2. The molecular formula is C23H29N3O8S. The predicted octanol–water partition coefficient (Wildman–Crippen LogP) is 1.41. The first-order valence-electron chi connectivity index (χ1n) is 10.6. The molecule has 1 saturated heterocycles. The summed E-state index contributed by atoms with van der Waals surface area (Å²) in [5.74, 6) is -3.05. The van der Waals surface area contributed by atoms with Crippen LogP contribution in [0.2, 0.25) is 0 Å². The number of aryl methyl sites for hydroxylation is 2. The van der Waals surface area contributed by atoms with Crippen LogP contribution in [0.5, 0.6) is 5.75 Å². The number of nitrogens with one attached hydrogen (secondary N) is 1. The van der Waals surface area contributed by atoms with Crippen molar-refractivity contribution in [1.82, 2.24) is 9.21 Å². The number of ether oxygens (including phenoxy) is 1. The van der Waals surface area contributed by atoms with Crippen molar-refractivity contribution in [1.29, 1.82) is 0 Å². The van der Waals surface area contributed by atoms with Crippen LogP contribution in [0.3, 0.4) is 0 Å². The van der Waals surface area contributed by atoms with E-state index in [0.717, 1.165) is 16.9 Å². The van der Waals surface area contributed by atoms with Crippen LogP contribution in [0.25, 0.3) is 0 Å². The fourth-order valence-corrected chi connectivity index (χ4v) is 5.06. The van der Waals surface area contributed by atoms with Gasteiger partial charge in [0.1, 0.15) is 5.75 Å². The van der Waals surface area contributed by atoms with Gasteiger partial charge in [-0.3, -0.25) is 9.69 Å². The molecule has 3 N–H and O–H groups in total. The minimum Gasteiger partial charge on any atom is -0.497 e. The van der Waals surface area contributed by atoms with Crippen molar-refractivity contribution in [3.8, 4) is 5.75 Å². The fraction of sp³-hybridized carbons (Fsp3) is 0.348. The minimum absolute atomic E-state index is 0.124. The Morgan fingerprint density at radius 2 is 1.51 bits per heavy atom. The Labute approximate surface area is 204 Å². The summed E-state index contributed by atoms with van der Waals surface area (Å²) in [5.41, 5.74) is 2.49. The number of benzene rings is 2. The van der Waals surface area contributed by atoms with Gasteiger partial charge in [-0.05, 0) is 49.7 Å². The van der Waals surface area contributed by atoms with E-state index in [1.54, 1.807) is 37.4 Å². The summed E-state index contributed by atoms with van der Waals surface area (Å²) < 4.78 is 32.5. The first kappa shape index (κ1) is 27.8. The third-order valence-electron chi connectivity index (χ3n) is 5.20. The molecule has 0 bridgehead atoms. The molecule has 1 amide bonds. The zero-order chi connectivity index (χ0) is 26.2. The highest BCUT2D eigenvalue weighted by atomic mass is 32.2. The zero-order valence-corrected chi connectivity index (χ0v) is 20.5. The number of aliphatic carboxylic acids is 2. The van der Waals surface area contributed by atoms with E-state index in [2.05, 4.69) is 5.32 Å². The summed E-state index contributed by atoms with van der Waals surface area (Å²) in [5, 5.41) is 17.6. The highest BCUT2D eigenvalue weighted by Gasteiger charge is 2.30. The first-order chi connectivity index (χ1) is 16.4. The van der Waals surface area contributed by atoms with E-state index in [0.29, 0.717) is 36.8 Å². The van der Waals surface area contributed by atoms with E-state index in [1.807, 2.05) is 30.9 Å². The van der Waals surface area contributed by atoms with Crippen LogP contribution in [0.4, 0.5) is 5.69 Å². The molecule has 1 aliphatic rings. The number of hydrogen-bond acceptors (Lipinski definition) is 7. The second-order valence-corrected chi connectivity index (χ2v) is 9.74. The van der Waals surface area contributed by atoms with Crippen LogP contribution in [0.1, 0.15) is 11.1 Å². The SMILES string of the molecule is COc1ccc(NC(=O)CN2CCN(S(=O)(=O)c3ccc(C)cc3C)CC2)cc1.O=C(O)C(=O)O. The van der Waals surface area contributed by atoms with Gasteiger partial charge in [-0.15, -0.1) is 0 Å². The molecule has 3 rings (SSSR count). The molecule has 11 nitrogen and oxygen atoms in total. The van der Waals surface area contributed by atoms with Gasteiger partial charge in [0.25, 0.3) is 0 Å². The van der Waals surface area contributed by atoms with Crippen molar-refractivity contribution in [2.75, 3.05) is 45.2 Å². The minimum atomic E-state index is -3.52. The second kappa shape index (κ2) is 12.3. The van der Waals surface area contributed by atoms with Crippen molar-refractivity contribution >= 4 is 33.6 Å². The van der Waals surface area contributed by atoms with Gasteiger partial charge in [0, 0.05) is 31.9 Å². The third-order valence-corrected chi connectivity index (χ3v) is 7.26. The second-order valence-electron chi connectivity index (χ2n) is 7.84. The molecule has 0 saturated carbocycles. The molecule has 35 heavy (non-hydrogen) atoms. The Hall–Kier alpha value is -3.48. The van der Waals surface area contributed by atoms with Crippen LogP contribution in [-0.4, -0.2) is 85.5 Å². The van der Waals surface area contributed by atoms with Gasteiger partial charge in [-0.1, -0.05) is 17.7 Å². The summed E-state index contributed by atoms with van der Waals surface area (Å²) in [4.78, 5) is 32.8. The summed E-state index contributed by atoms with van der Waals surface area (Å²) >= 11 is 0. The highest BCUT2D eigenvalue weighted by Crippen LogP contribution is 2.22. The molecule has 12 heteroatoms. The van der Waals surface area contributed by atoms with Gasteiger partial charge in [0.15, 0.2) is 0 Å². The van der Waals surface area contributed by atoms with Gasteiger partial charge >= 0.3 is 11.9 Å². The number of carboxylic acids is 2. The predicted molar refractivity (Wildman–Crippen MR) is 128 cm³/mol. The Bertz CT molecular complexity index is 1150. The number of nitrogens with zero attached hydrogens (tertiary/aromatic N) is 2. The van der Waals surface area contributed by atoms with Crippen molar-refractivity contribution in [2.45, 2.75) is 18.7 Å². The Balaban J connectivity index is 0.000000641. The largest absolute Gasteiger partial charge is 0.497 e. The smallest absolute Gasteiger partial charge is 0.414 e. The highest BCUT2D eigenvalue weighted by molar-refractivity contribution is 7.89. The zero-order valence-electron chi connectivity index (χ0n) is 19.7. The molecular weight excluding hydrogens is 478 g/mol. The number of amides is 1. The van der Waals surface area contributed by atoms with Crippen LogP contribution in [-0.2, 0) is 24.4 Å². The summed E-state index contributed by atoms with van der Waals surface area (Å²) in [6, 6.07) is 12.5. The van der Waals surface area contributed by atoms with Crippen molar-refractivity contribution < 1.29 is 37.8 Å². The van der Waals surface area contributed by atoms with E-state index in [-0.39, 0.29) is 12.5 Å². The van der Waals surface area contributed by atoms with Gasteiger partial charge < -0.3 is 20.3 Å². The maximum atomic E-state index is 13.0. The van der Waals surface area contributed by atoms with Gasteiger partial charge in [0.05, 0.1) is 18.6 Å². The molecule has 1 heterocycles. The summed E-state index contributed by atoms with van der Waals surface area (Å²) in [6.07, 6.45) is 0. The van der Waals surface area contributed by atoms with Crippen LogP contribution >= 0.6 is 0 Å². The van der Waals surface area contributed by atoms with E-state index in [1.165, 1.54) is 4.31 Å². The molecule has 0 unspecified atom stereocenters. The first-order valence-corrected chi connectivity index (χ1v) is 12.1. The normalized spacial score (nSPS) is 14.4. The lowest BCUT2D eigenvalue weighted by Crippen LogP contribution is -2.50. The number of piperazine rings is 1. The molecule has 0 aromatic heterocycles. The van der Waals surface area contributed by atoms with E-state index in [9.17, 15) is 13.2 Å². The average Bonchev–Trinajstić information content (AvgIpc) is 2.80. The van der Waals surface area contributed by atoms with Gasteiger partial charge in [0.2, 0.25) is 15.9 Å². The molecule has 1 aliphatic heterocycles. The van der Waals surface area contributed by atoms with Gasteiger partial charge in [-0.25, -0.2) is 18.0 Å². The maximum Gasteiger partial charge on any atom is 0.414 e. The molecule has 0 spiro atoms. The lowest BCUT2D eigenvalue weighted by molar-refractivity contribution is -0.159. The fourth-order valence-electron chi connectivity index (χ4n) is 3.43. The number of sulfonamides is 1. The number of anilines is 1. The number of carbonyl (C=O) groups excluding carboxylic acids is 1. The maximum absolute atomic E-state index is 13.0. The molecule has 1 fully saturated rings. The topological polar surface area (TPSA) is 154 Å². The van der Waals surface area contributed by atoms with E-state index in [4.69, 9.17) is 24.5 Å². The molecule has 190 valence electrons. The van der Waals surface area contributed by atoms with Crippen LogP contribution in [0.15, 0.2) is 47.4 Å². The third kappa shape index (κ3) is 8.05. The van der Waals surface area contributed by atoms with Crippen molar-refractivity contribution in [2.24, 2.45) is 0 Å². The standard InChI is InChI=1S/C21H27N3O4S.C2H2O4/c1-16-4-9-20(17(2)14-16)29(26,27)24-12-10-23(11-13-24)15-21(25)22-18-5-7-19(28-3)8-6-18;3-1(4)2(5)6/h4-9,14H,10-13,15H2,1-3H3,(H,22,25);(H,3,4)(H,5,6). The molecule has 2 aromatic rings. The Morgan fingerprint density at radius 3 is 2.00 bits per heavy atom. The quantitative estimate of drug-likeness (QED) is 0.493. The Kier molecular flexibility index (Phi) is 9.75. The summed E-state index contributed by atoms with van der Waals surface area (Å²) in [6.45, 7) is 5.75. The number of hydrogen-bond donors (Lipinski definition) is 3. The average molecular weight is 508 g/mol. The number of rotatable bonds is 6. The summed E-state index contributed by atoms with van der Waals surface area (Å²) in [7, 11) is -1.93. The van der Waals surface area contributed by atoms with E-state index < -0.39 is 22.0 Å². The molecule has 0 atom stereocenters. The molecule has 0 radical (unpaired) electrons. The van der Waals surface area contributed by atoms with Crippen LogP contribution < -0.4 is 10.1 Å². The van der Waals surface area contributed by atoms with Crippen molar-refractivity contribution in [3.63, 3.8) is 0 Å². The molecule has 2 aromatic carbocycles. The lowest BCUT2D eigenvalue weighted by atomic mass is 10.2. The lowest BCUT2D eigenvalue weighted by Gasteiger charge is -2.33. The van der Waals surface area contributed by atoms with Gasteiger partial charge in [-0.2, -0.15) is 4.31 Å². The molecule has 0 aliphatic carbocycles. The number of methoxy groups -OCH3 is 1. The van der Waals surface area contributed by atoms with Crippen LogP contribution in [0, 0.1) is 13.8 Å².